The lowest BCUT2D eigenvalue weighted by Gasteiger charge is -2.38. The summed E-state index contributed by atoms with van der Waals surface area (Å²) in [5, 5.41) is 9.43. The highest BCUT2D eigenvalue weighted by molar-refractivity contribution is 5.81. The fourth-order valence-electron chi connectivity index (χ4n) is 4.00. The van der Waals surface area contributed by atoms with E-state index in [0.29, 0.717) is 67.8 Å². The maximum Gasteiger partial charge on any atom is 0.320 e. The van der Waals surface area contributed by atoms with Gasteiger partial charge in [0.2, 0.25) is 5.88 Å². The van der Waals surface area contributed by atoms with Crippen LogP contribution in [0.5, 0.6) is 5.88 Å². The minimum atomic E-state index is -0.408. The minimum absolute atomic E-state index is 0.0545. The summed E-state index contributed by atoms with van der Waals surface area (Å²) in [6.45, 7) is 6.41. The van der Waals surface area contributed by atoms with E-state index in [0.717, 1.165) is 5.56 Å². The quantitative estimate of drug-likeness (QED) is 0.654. The molecule has 1 atom stereocenters. The van der Waals surface area contributed by atoms with Gasteiger partial charge in [-0.25, -0.2) is 24.7 Å². The summed E-state index contributed by atoms with van der Waals surface area (Å²) in [6.07, 6.45) is 5.09. The van der Waals surface area contributed by atoms with E-state index in [1.807, 2.05) is 18.4 Å². The van der Waals surface area contributed by atoms with Crippen LogP contribution >= 0.6 is 0 Å². The van der Waals surface area contributed by atoms with E-state index in [9.17, 15) is 9.90 Å². The highest BCUT2D eigenvalue weighted by atomic mass is 16.5. The van der Waals surface area contributed by atoms with Crippen LogP contribution in [0.1, 0.15) is 19.2 Å². The van der Waals surface area contributed by atoms with Gasteiger partial charge < -0.3 is 24.2 Å². The third kappa shape index (κ3) is 3.54. The third-order valence-corrected chi connectivity index (χ3v) is 5.68. The summed E-state index contributed by atoms with van der Waals surface area (Å²) >= 11 is 0. The molecular weight excluding hydrogens is 400 g/mol. The zero-order valence-electron chi connectivity index (χ0n) is 17.5. The zero-order valence-corrected chi connectivity index (χ0v) is 17.5. The van der Waals surface area contributed by atoms with Crippen LogP contribution in [0, 0.1) is 6.92 Å². The molecule has 11 heteroatoms. The third-order valence-electron chi connectivity index (χ3n) is 5.68. The number of rotatable bonds is 4. The van der Waals surface area contributed by atoms with Crippen molar-refractivity contribution in [3.8, 4) is 17.3 Å². The number of fused-ring (bicyclic) bond motifs is 1. The number of carbonyl (C=O) groups excluding carboxylic acids is 1. The summed E-state index contributed by atoms with van der Waals surface area (Å²) in [5.41, 5.74) is 2.06. The van der Waals surface area contributed by atoms with Gasteiger partial charge in [0.15, 0.2) is 11.2 Å². The SMILES string of the molecule is CCn1c(-c2cnc(C)nc2)nc2c(OC3CCN(C(=O)N4CC(O)C4)C3)ncnc21. The fraction of sp³-hybridized carbons (Fsp3) is 0.500. The summed E-state index contributed by atoms with van der Waals surface area (Å²) in [5.74, 6) is 1.81. The number of likely N-dealkylation sites (tertiary alicyclic amines) is 2. The molecule has 2 aliphatic rings. The molecule has 11 nitrogen and oxygen atoms in total. The number of urea groups is 1. The Kier molecular flexibility index (Phi) is 4.89. The molecule has 0 radical (unpaired) electrons. The number of imidazole rings is 1. The normalized spacial score (nSPS) is 19.1. The highest BCUT2D eigenvalue weighted by Gasteiger charge is 2.36. The Hall–Kier alpha value is -3.34. The first-order valence-electron chi connectivity index (χ1n) is 10.4. The number of nitrogens with zero attached hydrogens (tertiary/aromatic N) is 8. The second-order valence-electron chi connectivity index (χ2n) is 7.87. The van der Waals surface area contributed by atoms with Gasteiger partial charge in [-0.1, -0.05) is 0 Å². The average Bonchev–Trinajstić information content (AvgIpc) is 3.36. The van der Waals surface area contributed by atoms with Gasteiger partial charge >= 0.3 is 6.03 Å². The van der Waals surface area contributed by atoms with E-state index in [1.54, 1.807) is 22.2 Å². The molecule has 0 aliphatic carbocycles. The van der Waals surface area contributed by atoms with Gasteiger partial charge in [0.25, 0.3) is 0 Å². The van der Waals surface area contributed by atoms with Crippen LogP contribution in [-0.2, 0) is 6.54 Å². The molecule has 2 fully saturated rings. The molecule has 0 saturated carbocycles. The van der Waals surface area contributed by atoms with Crippen molar-refractivity contribution < 1.29 is 14.6 Å². The Morgan fingerprint density at radius 3 is 2.65 bits per heavy atom. The van der Waals surface area contributed by atoms with E-state index in [1.165, 1.54) is 6.33 Å². The van der Waals surface area contributed by atoms with E-state index in [-0.39, 0.29) is 12.1 Å². The Labute approximate surface area is 178 Å². The van der Waals surface area contributed by atoms with Crippen molar-refractivity contribution >= 4 is 17.2 Å². The molecular formula is C20H24N8O3. The van der Waals surface area contributed by atoms with Crippen LogP contribution in [-0.4, -0.2) is 88.8 Å². The number of aliphatic hydroxyl groups is 1. The van der Waals surface area contributed by atoms with Gasteiger partial charge in [0, 0.05) is 31.9 Å². The van der Waals surface area contributed by atoms with Gasteiger partial charge in [0.1, 0.15) is 24.1 Å². The fourth-order valence-corrected chi connectivity index (χ4v) is 4.00. The van der Waals surface area contributed by atoms with Crippen molar-refractivity contribution in [3.05, 3.63) is 24.5 Å². The Morgan fingerprint density at radius 1 is 1.16 bits per heavy atom. The van der Waals surface area contributed by atoms with Crippen LogP contribution in [0.3, 0.4) is 0 Å². The number of aliphatic hydroxyl groups excluding tert-OH is 1. The van der Waals surface area contributed by atoms with Crippen molar-refractivity contribution in [2.45, 2.75) is 39.0 Å². The molecule has 31 heavy (non-hydrogen) atoms. The first-order valence-corrected chi connectivity index (χ1v) is 10.4. The molecule has 0 spiro atoms. The predicted octanol–water partition coefficient (Wildman–Crippen LogP) is 0.861. The number of carbonyl (C=O) groups is 1. The monoisotopic (exact) mass is 424 g/mol. The number of amides is 2. The predicted molar refractivity (Wildman–Crippen MR) is 110 cm³/mol. The first-order chi connectivity index (χ1) is 15.0. The lowest BCUT2D eigenvalue weighted by atomic mass is 10.2. The summed E-state index contributed by atoms with van der Waals surface area (Å²) < 4.78 is 8.15. The number of aromatic nitrogens is 6. The van der Waals surface area contributed by atoms with Crippen LogP contribution in [0.25, 0.3) is 22.6 Å². The first kappa shape index (κ1) is 19.6. The molecule has 0 bridgehead atoms. The van der Waals surface area contributed by atoms with Crippen molar-refractivity contribution in [2.24, 2.45) is 0 Å². The van der Waals surface area contributed by atoms with Crippen molar-refractivity contribution in [2.75, 3.05) is 26.2 Å². The molecule has 3 aromatic rings. The number of hydrogen-bond acceptors (Lipinski definition) is 8. The maximum absolute atomic E-state index is 12.5. The molecule has 1 N–H and O–H groups in total. The van der Waals surface area contributed by atoms with Crippen molar-refractivity contribution in [3.63, 3.8) is 0 Å². The lowest BCUT2D eigenvalue weighted by Crippen LogP contribution is -2.57. The van der Waals surface area contributed by atoms with Crippen molar-refractivity contribution in [1.29, 1.82) is 0 Å². The van der Waals surface area contributed by atoms with E-state index < -0.39 is 6.10 Å². The van der Waals surface area contributed by atoms with Crippen LogP contribution < -0.4 is 4.74 Å². The summed E-state index contributed by atoms with van der Waals surface area (Å²) in [6, 6.07) is -0.0545. The second-order valence-corrected chi connectivity index (χ2v) is 7.87. The van der Waals surface area contributed by atoms with Crippen molar-refractivity contribution in [1.82, 2.24) is 39.3 Å². The largest absolute Gasteiger partial charge is 0.471 e. The smallest absolute Gasteiger partial charge is 0.320 e. The maximum atomic E-state index is 12.5. The van der Waals surface area contributed by atoms with Crippen LogP contribution in [0.15, 0.2) is 18.7 Å². The Bertz CT molecular complexity index is 1110. The molecule has 5 rings (SSSR count). The van der Waals surface area contributed by atoms with Gasteiger partial charge in [-0.15, -0.1) is 0 Å². The summed E-state index contributed by atoms with van der Waals surface area (Å²) in [4.78, 5) is 37.9. The van der Waals surface area contributed by atoms with Crippen LogP contribution in [0.2, 0.25) is 0 Å². The second kappa shape index (κ2) is 7.73. The number of hydrogen-bond donors (Lipinski definition) is 1. The van der Waals surface area contributed by atoms with Gasteiger partial charge in [-0.3, -0.25) is 0 Å². The summed E-state index contributed by atoms with van der Waals surface area (Å²) in [7, 11) is 0. The van der Waals surface area contributed by atoms with E-state index in [4.69, 9.17) is 9.72 Å². The number of ether oxygens (including phenoxy) is 1. The molecule has 1 unspecified atom stereocenters. The topological polar surface area (TPSA) is 122 Å². The Morgan fingerprint density at radius 2 is 1.94 bits per heavy atom. The lowest BCUT2D eigenvalue weighted by molar-refractivity contribution is 0.0162. The van der Waals surface area contributed by atoms with Crippen LogP contribution in [0.4, 0.5) is 4.79 Å². The molecule has 162 valence electrons. The van der Waals surface area contributed by atoms with E-state index in [2.05, 4.69) is 19.9 Å². The van der Waals surface area contributed by atoms with Gasteiger partial charge in [0.05, 0.1) is 31.3 Å². The molecule has 3 aromatic heterocycles. The Balaban J connectivity index is 1.38. The highest BCUT2D eigenvalue weighted by Crippen LogP contribution is 2.29. The minimum Gasteiger partial charge on any atom is -0.471 e. The standard InChI is InChI=1S/C20H24N8O3/c1-3-28-17(13-6-21-12(2)22-7-13)25-16-18(28)23-11-24-19(16)31-15-4-5-26(10-15)20(30)27-8-14(29)9-27/h6-7,11,14-15,29H,3-5,8-10H2,1-2H3. The number of β-amino-alcohol motifs (C(OH)–C–C–N with tert-alkyl or cyclic N) is 1. The van der Waals surface area contributed by atoms with E-state index >= 15 is 0 Å². The zero-order chi connectivity index (χ0) is 21.5. The molecule has 5 heterocycles. The van der Waals surface area contributed by atoms with Gasteiger partial charge in [-0.2, -0.15) is 4.98 Å². The number of aryl methyl sites for hydroxylation is 2. The molecule has 2 amide bonds. The van der Waals surface area contributed by atoms with Gasteiger partial charge in [-0.05, 0) is 13.8 Å². The molecule has 2 saturated heterocycles. The molecule has 2 aliphatic heterocycles. The average molecular weight is 424 g/mol. The molecule has 0 aromatic carbocycles.